The molecule has 0 heterocycles. The molecule has 0 aromatic heterocycles. The first-order chi connectivity index (χ1) is 8.29. The fourth-order valence-electron chi connectivity index (χ4n) is 1.40. The second kappa shape index (κ2) is 6.61. The van der Waals surface area contributed by atoms with Gasteiger partial charge in [0.15, 0.2) is 0 Å². The Kier molecular flexibility index (Phi) is 5.72. The van der Waals surface area contributed by atoms with Gasteiger partial charge in [0, 0.05) is 22.6 Å². The van der Waals surface area contributed by atoms with Crippen LogP contribution < -0.4 is 5.32 Å². The number of rotatable bonds is 5. The van der Waals surface area contributed by atoms with Crippen LogP contribution in [0.25, 0.3) is 0 Å². The maximum absolute atomic E-state index is 11.7. The van der Waals surface area contributed by atoms with E-state index in [1.165, 1.54) is 0 Å². The zero-order valence-electron chi connectivity index (χ0n) is 9.52. The van der Waals surface area contributed by atoms with Gasteiger partial charge in [0.2, 0.25) is 0 Å². The minimum atomic E-state index is -4.59. The van der Waals surface area contributed by atoms with E-state index in [2.05, 4.69) is 10.1 Å². The normalized spacial score (nSPS) is 13.7. The molecule has 0 saturated heterocycles. The maximum atomic E-state index is 11.7. The number of halogens is 5. The van der Waals surface area contributed by atoms with Crippen molar-refractivity contribution in [2.75, 3.05) is 13.2 Å². The molecule has 0 saturated carbocycles. The van der Waals surface area contributed by atoms with Gasteiger partial charge in [0.05, 0.1) is 6.61 Å². The lowest BCUT2D eigenvalue weighted by atomic mass is 10.1. The van der Waals surface area contributed by atoms with Crippen LogP contribution in [-0.4, -0.2) is 19.5 Å². The van der Waals surface area contributed by atoms with Crippen LogP contribution in [-0.2, 0) is 4.74 Å². The van der Waals surface area contributed by atoms with E-state index in [-0.39, 0.29) is 12.6 Å². The average Bonchev–Trinajstić information content (AvgIpc) is 2.22. The van der Waals surface area contributed by atoms with E-state index in [1.54, 1.807) is 25.1 Å². The summed E-state index contributed by atoms with van der Waals surface area (Å²) in [5, 5.41) is 3.86. The lowest BCUT2D eigenvalue weighted by Gasteiger charge is -2.16. The predicted molar refractivity (Wildman–Crippen MR) is 64.9 cm³/mol. The number of nitrogens with one attached hydrogen (secondary N) is 1. The molecule has 0 aliphatic heterocycles. The largest absolute Gasteiger partial charge is 0.522 e. The van der Waals surface area contributed by atoms with Crippen LogP contribution >= 0.6 is 23.2 Å². The molecule has 0 radical (unpaired) electrons. The van der Waals surface area contributed by atoms with Gasteiger partial charge in [0.1, 0.15) is 0 Å². The summed E-state index contributed by atoms with van der Waals surface area (Å²) in [5.41, 5.74) is 0.771. The summed E-state index contributed by atoms with van der Waals surface area (Å²) < 4.78 is 38.8. The smallest absolute Gasteiger partial charge is 0.308 e. The molecule has 0 bridgehead atoms. The van der Waals surface area contributed by atoms with Gasteiger partial charge in [-0.25, -0.2) is 0 Å². The van der Waals surface area contributed by atoms with Crippen LogP contribution in [0.15, 0.2) is 18.2 Å². The molecule has 0 spiro atoms. The van der Waals surface area contributed by atoms with E-state index in [9.17, 15) is 13.2 Å². The number of hydrogen-bond acceptors (Lipinski definition) is 2. The third-order valence-electron chi connectivity index (χ3n) is 2.25. The molecule has 1 atom stereocenters. The molecule has 18 heavy (non-hydrogen) atoms. The number of hydrogen-bond donors (Lipinski definition) is 1. The van der Waals surface area contributed by atoms with Crippen LogP contribution in [0.2, 0.25) is 10.0 Å². The second-order valence-corrected chi connectivity index (χ2v) is 4.48. The molecule has 0 amide bonds. The highest BCUT2D eigenvalue weighted by Gasteiger charge is 2.28. The van der Waals surface area contributed by atoms with Crippen LogP contribution in [0.3, 0.4) is 0 Å². The van der Waals surface area contributed by atoms with Crippen molar-refractivity contribution in [2.24, 2.45) is 0 Å². The fraction of sp³-hybridized carbons (Fsp3) is 0.455. The molecule has 1 aromatic carbocycles. The first kappa shape index (κ1) is 15.6. The highest BCUT2D eigenvalue weighted by atomic mass is 35.5. The quantitative estimate of drug-likeness (QED) is 0.824. The SMILES string of the molecule is CC(NCCOC(F)(F)F)c1ccc(Cl)cc1Cl. The molecule has 102 valence electrons. The molecule has 1 rings (SSSR count). The van der Waals surface area contributed by atoms with Crippen molar-refractivity contribution in [2.45, 2.75) is 19.3 Å². The monoisotopic (exact) mass is 301 g/mol. The Hall–Kier alpha value is -0.490. The van der Waals surface area contributed by atoms with Gasteiger partial charge in [-0.1, -0.05) is 29.3 Å². The van der Waals surface area contributed by atoms with Gasteiger partial charge in [-0.05, 0) is 24.6 Å². The first-order valence-electron chi connectivity index (χ1n) is 5.18. The van der Waals surface area contributed by atoms with Crippen LogP contribution in [0.1, 0.15) is 18.5 Å². The zero-order chi connectivity index (χ0) is 13.8. The van der Waals surface area contributed by atoms with E-state index < -0.39 is 13.0 Å². The van der Waals surface area contributed by atoms with Crippen LogP contribution in [0.4, 0.5) is 13.2 Å². The number of ether oxygens (including phenoxy) is 1. The summed E-state index contributed by atoms with van der Waals surface area (Å²) in [4.78, 5) is 0. The van der Waals surface area contributed by atoms with Gasteiger partial charge >= 0.3 is 6.36 Å². The Morgan fingerprint density at radius 2 is 2.00 bits per heavy atom. The third-order valence-corrected chi connectivity index (χ3v) is 2.81. The van der Waals surface area contributed by atoms with Crippen molar-refractivity contribution in [3.8, 4) is 0 Å². The van der Waals surface area contributed by atoms with Gasteiger partial charge in [0.25, 0.3) is 0 Å². The number of benzene rings is 1. The highest BCUT2D eigenvalue weighted by molar-refractivity contribution is 6.35. The molecule has 1 unspecified atom stereocenters. The van der Waals surface area contributed by atoms with E-state index in [1.807, 2.05) is 0 Å². The minimum absolute atomic E-state index is 0.0691. The zero-order valence-corrected chi connectivity index (χ0v) is 11.0. The Balaban J connectivity index is 2.43. The summed E-state index contributed by atoms with van der Waals surface area (Å²) in [6, 6.07) is 4.80. The van der Waals surface area contributed by atoms with E-state index in [0.717, 1.165) is 5.56 Å². The molecule has 1 N–H and O–H groups in total. The van der Waals surface area contributed by atoms with Gasteiger partial charge in [-0.15, -0.1) is 13.2 Å². The summed E-state index contributed by atoms with van der Waals surface area (Å²) in [6.45, 7) is 1.42. The number of alkyl halides is 3. The average molecular weight is 302 g/mol. The molecule has 0 aliphatic carbocycles. The van der Waals surface area contributed by atoms with E-state index in [0.29, 0.717) is 10.0 Å². The minimum Gasteiger partial charge on any atom is -0.308 e. The van der Waals surface area contributed by atoms with E-state index in [4.69, 9.17) is 23.2 Å². The van der Waals surface area contributed by atoms with Crippen molar-refractivity contribution < 1.29 is 17.9 Å². The van der Waals surface area contributed by atoms with Crippen molar-refractivity contribution in [3.05, 3.63) is 33.8 Å². The summed E-state index contributed by atoms with van der Waals surface area (Å²) in [7, 11) is 0. The lowest BCUT2D eigenvalue weighted by Crippen LogP contribution is -2.26. The third kappa shape index (κ3) is 5.44. The topological polar surface area (TPSA) is 21.3 Å². The Labute approximate surface area is 113 Å². The lowest BCUT2D eigenvalue weighted by molar-refractivity contribution is -0.323. The van der Waals surface area contributed by atoms with E-state index >= 15 is 0 Å². The van der Waals surface area contributed by atoms with Crippen LogP contribution in [0, 0.1) is 0 Å². The Bertz CT molecular complexity index is 398. The molecule has 0 fully saturated rings. The van der Waals surface area contributed by atoms with Crippen molar-refractivity contribution in [1.29, 1.82) is 0 Å². The first-order valence-corrected chi connectivity index (χ1v) is 5.94. The predicted octanol–water partition coefficient (Wildman–Crippen LogP) is 4.18. The van der Waals surface area contributed by atoms with Crippen LogP contribution in [0.5, 0.6) is 0 Å². The molecular formula is C11H12Cl2F3NO. The summed E-state index contributed by atoms with van der Waals surface area (Å²) in [6.07, 6.45) is -4.59. The second-order valence-electron chi connectivity index (χ2n) is 3.64. The molecule has 1 aromatic rings. The molecule has 7 heteroatoms. The van der Waals surface area contributed by atoms with Crippen molar-refractivity contribution >= 4 is 23.2 Å². The molecular weight excluding hydrogens is 290 g/mol. The Morgan fingerprint density at radius 3 is 2.56 bits per heavy atom. The summed E-state index contributed by atoms with van der Waals surface area (Å²) >= 11 is 11.7. The maximum Gasteiger partial charge on any atom is 0.522 e. The summed E-state index contributed by atoms with van der Waals surface area (Å²) in [5.74, 6) is 0. The van der Waals surface area contributed by atoms with Gasteiger partial charge < -0.3 is 5.32 Å². The standard InChI is InChI=1S/C11H12Cl2F3NO/c1-7(17-4-5-18-11(14,15)16)9-3-2-8(12)6-10(9)13/h2-3,6-7,17H,4-5H2,1H3. The van der Waals surface area contributed by atoms with Gasteiger partial charge in [-0.2, -0.15) is 0 Å². The molecule has 2 nitrogen and oxygen atoms in total. The Morgan fingerprint density at radius 1 is 1.33 bits per heavy atom. The molecule has 0 aliphatic rings. The van der Waals surface area contributed by atoms with Crippen molar-refractivity contribution in [1.82, 2.24) is 5.32 Å². The fourth-order valence-corrected chi connectivity index (χ4v) is 1.98. The highest BCUT2D eigenvalue weighted by Crippen LogP contribution is 2.26. The van der Waals surface area contributed by atoms with Crippen molar-refractivity contribution in [3.63, 3.8) is 0 Å². The van der Waals surface area contributed by atoms with Gasteiger partial charge in [-0.3, -0.25) is 4.74 Å².